The lowest BCUT2D eigenvalue weighted by atomic mass is 10.1. The molecule has 0 aliphatic carbocycles. The number of aromatic nitrogens is 2. The number of halogens is 1. The van der Waals surface area contributed by atoms with Gasteiger partial charge in [-0.3, -0.25) is 4.79 Å². The van der Waals surface area contributed by atoms with E-state index in [1.165, 1.54) is 0 Å². The molecule has 4 rings (SSSR count). The molecule has 1 amide bonds. The Morgan fingerprint density at radius 2 is 1.71 bits per heavy atom. The molecule has 28 heavy (non-hydrogen) atoms. The Morgan fingerprint density at radius 1 is 1.04 bits per heavy atom. The van der Waals surface area contributed by atoms with E-state index in [9.17, 15) is 4.79 Å². The first-order valence-electron chi connectivity index (χ1n) is 8.92. The molecule has 8 heteroatoms. The molecule has 0 spiro atoms. The van der Waals surface area contributed by atoms with Crippen LogP contribution in [-0.2, 0) is 0 Å². The van der Waals surface area contributed by atoms with Crippen LogP contribution in [0.15, 0.2) is 53.0 Å². The van der Waals surface area contributed by atoms with Crippen molar-refractivity contribution in [2.75, 3.05) is 38.2 Å². The standard InChI is InChI=1S/C20H19BrN4O2S/c1-27-17-8-6-16(7-9-17)24-10-12-25(13-11-24)20(26)19-18(22-23-28-19)14-2-4-15(21)5-3-14/h2-9H,10-13H2,1H3. The Balaban J connectivity index is 1.44. The number of anilines is 1. The minimum Gasteiger partial charge on any atom is -0.497 e. The lowest BCUT2D eigenvalue weighted by molar-refractivity contribution is 0.0752. The maximum Gasteiger partial charge on any atom is 0.268 e. The third kappa shape index (κ3) is 3.88. The molecular formula is C20H19BrN4O2S. The molecule has 1 aliphatic rings. The monoisotopic (exact) mass is 458 g/mol. The number of methoxy groups -OCH3 is 1. The second-order valence-corrected chi connectivity index (χ2v) is 8.10. The van der Waals surface area contributed by atoms with Crippen molar-refractivity contribution >= 4 is 39.1 Å². The second-order valence-electron chi connectivity index (χ2n) is 6.43. The van der Waals surface area contributed by atoms with Crippen LogP contribution in [-0.4, -0.2) is 53.7 Å². The normalized spacial score (nSPS) is 14.2. The van der Waals surface area contributed by atoms with Crippen LogP contribution < -0.4 is 9.64 Å². The molecule has 0 N–H and O–H groups in total. The summed E-state index contributed by atoms with van der Waals surface area (Å²) in [7, 11) is 1.66. The van der Waals surface area contributed by atoms with E-state index < -0.39 is 0 Å². The number of carbonyl (C=O) groups excluding carboxylic acids is 1. The van der Waals surface area contributed by atoms with Crippen molar-refractivity contribution in [3.8, 4) is 17.0 Å². The van der Waals surface area contributed by atoms with Crippen LogP contribution in [0.5, 0.6) is 5.75 Å². The van der Waals surface area contributed by atoms with Crippen LogP contribution in [0.2, 0.25) is 0 Å². The Kier molecular flexibility index (Phi) is 5.59. The number of carbonyl (C=O) groups is 1. The average molecular weight is 459 g/mol. The second kappa shape index (κ2) is 8.28. The molecule has 0 atom stereocenters. The molecule has 2 aromatic carbocycles. The van der Waals surface area contributed by atoms with Crippen LogP contribution in [0, 0.1) is 0 Å². The molecule has 6 nitrogen and oxygen atoms in total. The zero-order chi connectivity index (χ0) is 19.5. The van der Waals surface area contributed by atoms with Crippen molar-refractivity contribution in [3.63, 3.8) is 0 Å². The number of ether oxygens (including phenoxy) is 1. The summed E-state index contributed by atoms with van der Waals surface area (Å²) in [5.41, 5.74) is 2.69. The molecule has 144 valence electrons. The third-order valence-corrected chi connectivity index (χ3v) is 6.05. The van der Waals surface area contributed by atoms with Crippen molar-refractivity contribution in [1.82, 2.24) is 14.5 Å². The molecule has 2 heterocycles. The van der Waals surface area contributed by atoms with Gasteiger partial charge in [0.05, 0.1) is 7.11 Å². The van der Waals surface area contributed by atoms with Gasteiger partial charge in [-0.05, 0) is 47.9 Å². The summed E-state index contributed by atoms with van der Waals surface area (Å²) in [6.07, 6.45) is 0. The smallest absolute Gasteiger partial charge is 0.268 e. The maximum absolute atomic E-state index is 13.1. The van der Waals surface area contributed by atoms with Gasteiger partial charge in [0.15, 0.2) is 0 Å². The van der Waals surface area contributed by atoms with Crippen molar-refractivity contribution in [1.29, 1.82) is 0 Å². The zero-order valence-corrected chi connectivity index (χ0v) is 17.7. The molecule has 0 saturated carbocycles. The SMILES string of the molecule is COc1ccc(N2CCN(C(=O)c3snnc3-c3ccc(Br)cc3)CC2)cc1. The zero-order valence-electron chi connectivity index (χ0n) is 15.3. The van der Waals surface area contributed by atoms with Gasteiger partial charge in [0.25, 0.3) is 5.91 Å². The van der Waals surface area contributed by atoms with E-state index in [0.717, 1.165) is 46.1 Å². The van der Waals surface area contributed by atoms with Gasteiger partial charge in [-0.15, -0.1) is 5.10 Å². The van der Waals surface area contributed by atoms with Crippen molar-refractivity contribution in [3.05, 3.63) is 57.9 Å². The highest BCUT2D eigenvalue weighted by Crippen LogP contribution is 2.27. The minimum atomic E-state index is 0.00213. The van der Waals surface area contributed by atoms with E-state index in [2.05, 4.69) is 42.5 Å². The summed E-state index contributed by atoms with van der Waals surface area (Å²) in [6.45, 7) is 2.92. The Morgan fingerprint density at radius 3 is 2.36 bits per heavy atom. The van der Waals surface area contributed by atoms with E-state index >= 15 is 0 Å². The lowest BCUT2D eigenvalue weighted by Crippen LogP contribution is -2.48. The quantitative estimate of drug-likeness (QED) is 0.592. The number of amides is 1. The summed E-state index contributed by atoms with van der Waals surface area (Å²) in [6, 6.07) is 15.8. The molecule has 1 saturated heterocycles. The predicted octanol–water partition coefficient (Wildman–Crippen LogP) is 3.94. The van der Waals surface area contributed by atoms with Crippen LogP contribution >= 0.6 is 27.5 Å². The topological polar surface area (TPSA) is 58.6 Å². The van der Waals surface area contributed by atoms with Gasteiger partial charge in [-0.1, -0.05) is 32.6 Å². The molecule has 0 radical (unpaired) electrons. The van der Waals surface area contributed by atoms with Gasteiger partial charge < -0.3 is 14.5 Å². The minimum absolute atomic E-state index is 0.00213. The Bertz CT molecular complexity index is 951. The summed E-state index contributed by atoms with van der Waals surface area (Å²) in [4.78, 5) is 17.8. The first-order chi connectivity index (χ1) is 13.7. The van der Waals surface area contributed by atoms with E-state index in [4.69, 9.17) is 4.74 Å². The summed E-state index contributed by atoms with van der Waals surface area (Å²) in [5.74, 6) is 0.845. The fourth-order valence-corrected chi connectivity index (χ4v) is 4.15. The number of rotatable bonds is 4. The largest absolute Gasteiger partial charge is 0.497 e. The summed E-state index contributed by atoms with van der Waals surface area (Å²) in [5, 5.41) is 4.19. The van der Waals surface area contributed by atoms with Crippen LogP contribution in [0.1, 0.15) is 9.67 Å². The van der Waals surface area contributed by atoms with Gasteiger partial charge in [-0.25, -0.2) is 0 Å². The van der Waals surface area contributed by atoms with Crippen molar-refractivity contribution in [2.45, 2.75) is 0 Å². The highest BCUT2D eigenvalue weighted by atomic mass is 79.9. The Labute approximate surface area is 176 Å². The molecule has 1 aromatic heterocycles. The van der Waals surface area contributed by atoms with Crippen LogP contribution in [0.25, 0.3) is 11.3 Å². The van der Waals surface area contributed by atoms with E-state index in [-0.39, 0.29) is 5.91 Å². The first kappa shape index (κ1) is 18.9. The molecule has 0 unspecified atom stereocenters. The number of hydrogen-bond donors (Lipinski definition) is 0. The highest BCUT2D eigenvalue weighted by Gasteiger charge is 2.26. The van der Waals surface area contributed by atoms with Gasteiger partial charge in [0.2, 0.25) is 0 Å². The lowest BCUT2D eigenvalue weighted by Gasteiger charge is -2.36. The maximum atomic E-state index is 13.1. The summed E-state index contributed by atoms with van der Waals surface area (Å²) >= 11 is 4.59. The molecule has 3 aromatic rings. The van der Waals surface area contributed by atoms with Crippen LogP contribution in [0.3, 0.4) is 0 Å². The fraction of sp³-hybridized carbons (Fsp3) is 0.250. The highest BCUT2D eigenvalue weighted by molar-refractivity contribution is 9.10. The molecule has 1 fully saturated rings. The van der Waals surface area contributed by atoms with E-state index in [0.29, 0.717) is 23.7 Å². The molecule has 1 aliphatic heterocycles. The van der Waals surface area contributed by atoms with Gasteiger partial charge in [0.1, 0.15) is 16.3 Å². The number of piperazine rings is 1. The summed E-state index contributed by atoms with van der Waals surface area (Å²) < 4.78 is 10.2. The molecule has 0 bridgehead atoms. The fourth-order valence-electron chi connectivity index (χ4n) is 3.23. The first-order valence-corrected chi connectivity index (χ1v) is 10.5. The average Bonchev–Trinajstić information content (AvgIpc) is 3.24. The van der Waals surface area contributed by atoms with Crippen LogP contribution in [0.4, 0.5) is 5.69 Å². The number of hydrogen-bond acceptors (Lipinski definition) is 6. The van der Waals surface area contributed by atoms with Gasteiger partial charge >= 0.3 is 0 Å². The Hall–Kier alpha value is -2.45. The number of nitrogens with zero attached hydrogens (tertiary/aromatic N) is 4. The van der Waals surface area contributed by atoms with Gasteiger partial charge in [-0.2, -0.15) is 0 Å². The van der Waals surface area contributed by atoms with Crippen molar-refractivity contribution in [2.24, 2.45) is 0 Å². The van der Waals surface area contributed by atoms with Gasteiger partial charge in [0, 0.05) is 41.9 Å². The van der Waals surface area contributed by atoms with E-state index in [1.54, 1.807) is 7.11 Å². The van der Waals surface area contributed by atoms with Crippen molar-refractivity contribution < 1.29 is 9.53 Å². The predicted molar refractivity (Wildman–Crippen MR) is 114 cm³/mol. The van der Waals surface area contributed by atoms with E-state index in [1.807, 2.05) is 41.3 Å². The number of benzene rings is 2. The third-order valence-electron chi connectivity index (χ3n) is 4.80. The molecular weight excluding hydrogens is 440 g/mol.